The number of amides is 1. The number of halogens is 2. The first-order valence-electron chi connectivity index (χ1n) is 6.66. The van der Waals surface area contributed by atoms with E-state index in [1.54, 1.807) is 18.2 Å². The van der Waals surface area contributed by atoms with E-state index in [-0.39, 0.29) is 17.7 Å². The number of carboxylic acids is 1. The Hall–Kier alpha value is -0.820. The van der Waals surface area contributed by atoms with Crippen LogP contribution in [0.5, 0.6) is 0 Å². The van der Waals surface area contributed by atoms with E-state index in [1.807, 2.05) is 13.8 Å². The molecule has 0 unspecified atom stereocenters. The number of carboxylic acid groups (broad SMARTS) is 1. The molecular formula is C15H19ClINO3. The first kappa shape index (κ1) is 18.2. The van der Waals surface area contributed by atoms with Crippen LogP contribution in [0.4, 0.5) is 0 Å². The molecule has 0 aliphatic rings. The fourth-order valence-corrected chi connectivity index (χ4v) is 2.34. The maximum atomic E-state index is 12.0. The molecule has 0 saturated heterocycles. The smallest absolute Gasteiger partial charge is 0.303 e. The van der Waals surface area contributed by atoms with Crippen molar-refractivity contribution in [2.75, 3.05) is 6.54 Å². The summed E-state index contributed by atoms with van der Waals surface area (Å²) in [6.07, 6.45) is 1.46. The topological polar surface area (TPSA) is 66.4 Å². The van der Waals surface area contributed by atoms with Gasteiger partial charge in [-0.1, -0.05) is 25.4 Å². The van der Waals surface area contributed by atoms with Gasteiger partial charge in [-0.3, -0.25) is 9.59 Å². The zero-order chi connectivity index (χ0) is 16.0. The number of hydrogen-bond donors (Lipinski definition) is 2. The van der Waals surface area contributed by atoms with Gasteiger partial charge in [0.2, 0.25) is 0 Å². The van der Waals surface area contributed by atoms with Gasteiger partial charge in [0.15, 0.2) is 0 Å². The molecule has 1 aromatic carbocycles. The molecule has 0 fully saturated rings. The van der Waals surface area contributed by atoms with E-state index in [0.717, 1.165) is 9.99 Å². The summed E-state index contributed by atoms with van der Waals surface area (Å²) in [7, 11) is 0. The normalized spacial score (nSPS) is 11.2. The van der Waals surface area contributed by atoms with Crippen molar-refractivity contribution in [1.82, 2.24) is 5.32 Å². The number of carbonyl (C=O) groups is 2. The molecule has 0 aliphatic carbocycles. The fourth-order valence-electron chi connectivity index (χ4n) is 1.82. The summed E-state index contributed by atoms with van der Waals surface area (Å²) in [4.78, 5) is 22.6. The van der Waals surface area contributed by atoms with Crippen LogP contribution in [0.2, 0.25) is 5.02 Å². The Bertz CT molecular complexity index is 532. The predicted molar refractivity (Wildman–Crippen MR) is 91.8 cm³/mol. The molecule has 0 heterocycles. The van der Waals surface area contributed by atoms with Gasteiger partial charge < -0.3 is 10.4 Å². The average molecular weight is 424 g/mol. The number of hydrogen-bond acceptors (Lipinski definition) is 2. The molecule has 0 atom stereocenters. The molecule has 2 N–H and O–H groups in total. The van der Waals surface area contributed by atoms with Gasteiger partial charge in [-0.25, -0.2) is 0 Å². The first-order chi connectivity index (χ1) is 9.71. The molecule has 6 heteroatoms. The number of rotatable bonds is 7. The van der Waals surface area contributed by atoms with Gasteiger partial charge in [-0.2, -0.15) is 0 Å². The van der Waals surface area contributed by atoms with Crippen LogP contribution in [0.25, 0.3) is 0 Å². The maximum Gasteiger partial charge on any atom is 0.303 e. The summed E-state index contributed by atoms with van der Waals surface area (Å²) >= 11 is 8.10. The highest BCUT2D eigenvalue weighted by atomic mass is 127. The van der Waals surface area contributed by atoms with Gasteiger partial charge >= 0.3 is 5.97 Å². The lowest BCUT2D eigenvalue weighted by molar-refractivity contribution is -0.137. The van der Waals surface area contributed by atoms with Crippen molar-refractivity contribution in [3.63, 3.8) is 0 Å². The van der Waals surface area contributed by atoms with Crippen LogP contribution >= 0.6 is 34.2 Å². The Morgan fingerprint density at radius 1 is 1.33 bits per heavy atom. The molecule has 4 nitrogen and oxygen atoms in total. The first-order valence-corrected chi connectivity index (χ1v) is 8.12. The van der Waals surface area contributed by atoms with Crippen molar-refractivity contribution >= 4 is 46.1 Å². The Morgan fingerprint density at radius 3 is 2.57 bits per heavy atom. The van der Waals surface area contributed by atoms with Crippen LogP contribution in [-0.4, -0.2) is 23.5 Å². The minimum atomic E-state index is -0.791. The Labute approximate surface area is 143 Å². The lowest BCUT2D eigenvalue weighted by Crippen LogP contribution is -2.28. The number of nitrogens with one attached hydrogen (secondary N) is 1. The number of aliphatic carboxylic acids is 1. The van der Waals surface area contributed by atoms with Gasteiger partial charge in [-0.15, -0.1) is 0 Å². The monoisotopic (exact) mass is 423 g/mol. The Morgan fingerprint density at radius 2 is 2.00 bits per heavy atom. The van der Waals surface area contributed by atoms with Crippen LogP contribution in [-0.2, 0) is 4.79 Å². The highest BCUT2D eigenvalue weighted by Crippen LogP contribution is 2.26. The van der Waals surface area contributed by atoms with Crippen molar-refractivity contribution in [1.29, 1.82) is 0 Å². The Balaban J connectivity index is 2.46. The average Bonchev–Trinajstić information content (AvgIpc) is 2.39. The van der Waals surface area contributed by atoms with Crippen molar-refractivity contribution in [3.05, 3.63) is 32.4 Å². The van der Waals surface area contributed by atoms with E-state index in [4.69, 9.17) is 16.7 Å². The molecule has 0 aromatic heterocycles. The zero-order valence-corrected chi connectivity index (χ0v) is 15.0. The number of carbonyl (C=O) groups excluding carboxylic acids is 1. The summed E-state index contributed by atoms with van der Waals surface area (Å²) in [6, 6.07) is 5.18. The third kappa shape index (κ3) is 6.65. The van der Waals surface area contributed by atoms with Crippen LogP contribution in [0.1, 0.15) is 43.5 Å². The third-order valence-electron chi connectivity index (χ3n) is 3.28. The van der Waals surface area contributed by atoms with Gasteiger partial charge in [0.25, 0.3) is 5.91 Å². The molecule has 1 amide bonds. The lowest BCUT2D eigenvalue weighted by Gasteiger charge is -2.23. The molecule has 1 rings (SSSR count). The van der Waals surface area contributed by atoms with Gasteiger partial charge in [0.05, 0.1) is 5.02 Å². The van der Waals surface area contributed by atoms with Crippen molar-refractivity contribution < 1.29 is 14.7 Å². The summed E-state index contributed by atoms with van der Waals surface area (Å²) < 4.78 is 0.903. The Kier molecular flexibility index (Phi) is 6.93. The zero-order valence-electron chi connectivity index (χ0n) is 12.1. The molecular weight excluding hydrogens is 405 g/mol. The van der Waals surface area contributed by atoms with Crippen LogP contribution in [0.3, 0.4) is 0 Å². The summed E-state index contributed by atoms with van der Waals surface area (Å²) in [5.41, 5.74) is 0.416. The molecule has 0 aliphatic heterocycles. The van der Waals surface area contributed by atoms with E-state index < -0.39 is 5.97 Å². The predicted octanol–water partition coefficient (Wildman–Crippen LogP) is 3.96. The van der Waals surface area contributed by atoms with Crippen molar-refractivity contribution in [2.24, 2.45) is 5.41 Å². The highest BCUT2D eigenvalue weighted by Gasteiger charge is 2.19. The molecule has 0 spiro atoms. The quantitative estimate of drug-likeness (QED) is 0.653. The van der Waals surface area contributed by atoms with Crippen molar-refractivity contribution in [2.45, 2.75) is 33.1 Å². The molecule has 0 saturated carbocycles. The number of benzene rings is 1. The van der Waals surface area contributed by atoms with E-state index in [1.165, 1.54) is 0 Å². The SMILES string of the molecule is CC(C)(CCNC(=O)c1ccc(I)c(Cl)c1)CCC(=O)O. The van der Waals surface area contributed by atoms with E-state index in [9.17, 15) is 9.59 Å². The fraction of sp³-hybridized carbons (Fsp3) is 0.467. The standard InChI is InChI=1S/C15H19ClINO3/c1-15(2,6-5-13(19)20)7-8-18-14(21)10-3-4-12(17)11(16)9-10/h3-4,9H,5-8H2,1-2H3,(H,18,21)(H,19,20). The molecule has 0 bridgehead atoms. The van der Waals surface area contributed by atoms with E-state index in [2.05, 4.69) is 27.9 Å². The highest BCUT2D eigenvalue weighted by molar-refractivity contribution is 14.1. The largest absolute Gasteiger partial charge is 0.481 e. The van der Waals surface area contributed by atoms with E-state index >= 15 is 0 Å². The molecule has 1 aromatic rings. The summed E-state index contributed by atoms with van der Waals surface area (Å²) in [6.45, 7) is 4.52. The van der Waals surface area contributed by atoms with Gasteiger partial charge in [0.1, 0.15) is 0 Å². The van der Waals surface area contributed by atoms with Crippen LogP contribution in [0.15, 0.2) is 18.2 Å². The third-order valence-corrected chi connectivity index (χ3v) is 4.86. The molecule has 0 radical (unpaired) electrons. The lowest BCUT2D eigenvalue weighted by atomic mass is 9.84. The minimum absolute atomic E-state index is 0.116. The minimum Gasteiger partial charge on any atom is -0.481 e. The summed E-state index contributed by atoms with van der Waals surface area (Å²) in [5.74, 6) is -0.956. The summed E-state index contributed by atoms with van der Waals surface area (Å²) in [5, 5.41) is 12.1. The van der Waals surface area contributed by atoms with Gasteiger partial charge in [-0.05, 0) is 59.0 Å². The second kappa shape index (κ2) is 7.98. The molecule has 21 heavy (non-hydrogen) atoms. The molecule has 116 valence electrons. The maximum absolute atomic E-state index is 12.0. The van der Waals surface area contributed by atoms with Crippen LogP contribution in [0, 0.1) is 8.99 Å². The second-order valence-corrected chi connectivity index (χ2v) is 7.26. The van der Waals surface area contributed by atoms with Gasteiger partial charge in [0, 0.05) is 22.1 Å². The van der Waals surface area contributed by atoms with Crippen molar-refractivity contribution in [3.8, 4) is 0 Å². The van der Waals surface area contributed by atoms with E-state index in [0.29, 0.717) is 23.6 Å². The van der Waals surface area contributed by atoms with Crippen LogP contribution < -0.4 is 5.32 Å². The second-order valence-electron chi connectivity index (χ2n) is 5.69.